The summed E-state index contributed by atoms with van der Waals surface area (Å²) in [6.45, 7) is 6.53. The van der Waals surface area contributed by atoms with Crippen molar-refractivity contribution < 1.29 is 13.2 Å². The number of ether oxygens (including phenoxy) is 1. The Hall–Kier alpha value is -0.170. The molecule has 1 rings (SSSR count). The molecule has 0 aromatic heterocycles. The molecule has 0 bridgehead atoms. The number of nitrogens with one attached hydrogen (secondary N) is 1. The summed E-state index contributed by atoms with van der Waals surface area (Å²) in [6.07, 6.45) is 3.89. The minimum Gasteiger partial charge on any atom is -0.378 e. The van der Waals surface area contributed by atoms with Crippen LogP contribution < -0.4 is 10.5 Å². The second-order valence-electron chi connectivity index (χ2n) is 6.03. The van der Waals surface area contributed by atoms with E-state index in [1.165, 1.54) is 0 Å². The number of rotatable bonds is 7. The summed E-state index contributed by atoms with van der Waals surface area (Å²) < 4.78 is 32.3. The molecule has 0 spiro atoms. The van der Waals surface area contributed by atoms with E-state index in [9.17, 15) is 8.42 Å². The monoisotopic (exact) mass is 292 g/mol. The number of hydrogen-bond acceptors (Lipinski definition) is 4. The highest BCUT2D eigenvalue weighted by Crippen LogP contribution is 2.32. The molecule has 19 heavy (non-hydrogen) atoms. The lowest BCUT2D eigenvalue weighted by Gasteiger charge is -2.39. The lowest BCUT2D eigenvalue weighted by atomic mass is 9.77. The molecule has 0 heterocycles. The molecule has 0 aromatic rings. The van der Waals surface area contributed by atoms with Gasteiger partial charge in [0.05, 0.1) is 18.5 Å². The van der Waals surface area contributed by atoms with Crippen molar-refractivity contribution in [1.29, 1.82) is 0 Å². The Balaban J connectivity index is 2.58. The van der Waals surface area contributed by atoms with Crippen LogP contribution in [0.25, 0.3) is 0 Å². The highest BCUT2D eigenvalue weighted by molar-refractivity contribution is 7.89. The fourth-order valence-corrected chi connectivity index (χ4v) is 4.10. The van der Waals surface area contributed by atoms with E-state index in [1.807, 2.05) is 13.8 Å². The molecule has 0 amide bonds. The molecule has 0 aliphatic heterocycles. The van der Waals surface area contributed by atoms with E-state index >= 15 is 0 Å². The summed E-state index contributed by atoms with van der Waals surface area (Å²) in [5.74, 6) is 0.522. The van der Waals surface area contributed by atoms with Gasteiger partial charge < -0.3 is 10.5 Å². The molecule has 1 fully saturated rings. The van der Waals surface area contributed by atoms with E-state index in [0.29, 0.717) is 12.5 Å². The van der Waals surface area contributed by atoms with Crippen LogP contribution in [0.4, 0.5) is 0 Å². The zero-order chi connectivity index (χ0) is 14.5. The van der Waals surface area contributed by atoms with Crippen molar-refractivity contribution in [2.45, 2.75) is 58.1 Å². The highest BCUT2D eigenvalue weighted by Gasteiger charge is 2.36. The number of hydrogen-bond donors (Lipinski definition) is 2. The predicted molar refractivity (Wildman–Crippen MR) is 77.4 cm³/mol. The van der Waals surface area contributed by atoms with E-state index in [1.54, 1.807) is 0 Å². The van der Waals surface area contributed by atoms with Crippen molar-refractivity contribution in [3.05, 3.63) is 0 Å². The topological polar surface area (TPSA) is 81.4 Å². The largest absolute Gasteiger partial charge is 0.378 e. The van der Waals surface area contributed by atoms with E-state index in [-0.39, 0.29) is 18.5 Å². The van der Waals surface area contributed by atoms with E-state index in [2.05, 4.69) is 11.6 Å². The summed E-state index contributed by atoms with van der Waals surface area (Å²) in [6, 6.07) is 0. The summed E-state index contributed by atoms with van der Waals surface area (Å²) in [5.41, 5.74) is 5.38. The maximum absolute atomic E-state index is 12.1. The zero-order valence-electron chi connectivity index (χ0n) is 12.3. The zero-order valence-corrected chi connectivity index (χ0v) is 13.1. The van der Waals surface area contributed by atoms with Gasteiger partial charge in [-0.1, -0.05) is 19.8 Å². The molecule has 6 heteroatoms. The van der Waals surface area contributed by atoms with Gasteiger partial charge in [-0.3, -0.25) is 0 Å². The van der Waals surface area contributed by atoms with E-state index < -0.39 is 15.6 Å². The fraction of sp³-hybridized carbons (Fsp3) is 1.00. The van der Waals surface area contributed by atoms with Crippen molar-refractivity contribution in [2.75, 3.05) is 18.9 Å². The van der Waals surface area contributed by atoms with Gasteiger partial charge >= 0.3 is 0 Å². The molecule has 2 atom stereocenters. The Morgan fingerprint density at radius 1 is 1.47 bits per heavy atom. The molecular formula is C13H28N2O3S. The summed E-state index contributed by atoms with van der Waals surface area (Å²) in [4.78, 5) is 0. The second kappa shape index (κ2) is 7.02. The number of nitrogens with two attached hydrogens (primary N) is 1. The van der Waals surface area contributed by atoms with Gasteiger partial charge in [0.2, 0.25) is 10.0 Å². The minimum absolute atomic E-state index is 0.00130. The van der Waals surface area contributed by atoms with Crippen LogP contribution in [0.1, 0.15) is 46.5 Å². The summed E-state index contributed by atoms with van der Waals surface area (Å²) in [5, 5.41) is 0. The van der Waals surface area contributed by atoms with Crippen molar-refractivity contribution in [3.8, 4) is 0 Å². The van der Waals surface area contributed by atoms with Crippen LogP contribution in [0.15, 0.2) is 0 Å². The minimum atomic E-state index is -3.33. The Kier molecular flexibility index (Phi) is 6.23. The molecule has 1 aliphatic carbocycles. The third-order valence-corrected chi connectivity index (χ3v) is 5.11. The van der Waals surface area contributed by atoms with Gasteiger partial charge in [0.1, 0.15) is 0 Å². The Labute approximate surface area is 117 Å². The van der Waals surface area contributed by atoms with Crippen LogP contribution in [0.3, 0.4) is 0 Å². The fourth-order valence-electron chi connectivity index (χ4n) is 2.75. The third kappa shape index (κ3) is 5.77. The molecule has 0 radical (unpaired) electrons. The van der Waals surface area contributed by atoms with Gasteiger partial charge in [-0.25, -0.2) is 13.1 Å². The lowest BCUT2D eigenvalue weighted by Crippen LogP contribution is -2.56. The molecule has 1 saturated carbocycles. The number of sulfonamides is 1. The molecule has 5 nitrogen and oxygen atoms in total. The van der Waals surface area contributed by atoms with Crippen molar-refractivity contribution in [2.24, 2.45) is 11.7 Å². The first-order valence-electron chi connectivity index (χ1n) is 7.12. The average Bonchev–Trinajstić information content (AvgIpc) is 2.27. The Morgan fingerprint density at radius 3 is 2.68 bits per heavy atom. The standard InChI is InChI=1S/C13H28N2O3S/c1-11(2)18-7-8-19(16,17)15-13(10-14)6-4-5-12(3)9-13/h11-12,15H,4-10,14H2,1-3H3. The Morgan fingerprint density at radius 2 is 2.16 bits per heavy atom. The van der Waals surface area contributed by atoms with Gasteiger partial charge in [-0.2, -0.15) is 0 Å². The van der Waals surface area contributed by atoms with Crippen LogP contribution in [0.2, 0.25) is 0 Å². The quantitative estimate of drug-likeness (QED) is 0.739. The van der Waals surface area contributed by atoms with Gasteiger partial charge in [0, 0.05) is 12.1 Å². The highest BCUT2D eigenvalue weighted by atomic mass is 32.2. The first kappa shape index (κ1) is 16.9. The molecule has 0 saturated heterocycles. The first-order chi connectivity index (χ1) is 8.79. The van der Waals surface area contributed by atoms with Crippen LogP contribution in [-0.4, -0.2) is 39.0 Å². The van der Waals surface area contributed by atoms with Crippen molar-refractivity contribution >= 4 is 10.0 Å². The van der Waals surface area contributed by atoms with Gasteiger partial charge in [0.25, 0.3) is 0 Å². The molecule has 0 aromatic carbocycles. The lowest BCUT2D eigenvalue weighted by molar-refractivity contribution is 0.0909. The van der Waals surface area contributed by atoms with Gasteiger partial charge in [0.15, 0.2) is 0 Å². The Bertz CT molecular complexity index is 370. The van der Waals surface area contributed by atoms with Gasteiger partial charge in [-0.05, 0) is 32.6 Å². The van der Waals surface area contributed by atoms with Crippen LogP contribution >= 0.6 is 0 Å². The normalized spacial score (nSPS) is 28.8. The van der Waals surface area contributed by atoms with Gasteiger partial charge in [-0.15, -0.1) is 0 Å². The SMILES string of the molecule is CC1CCCC(CN)(NS(=O)(=O)CCOC(C)C)C1. The third-order valence-electron chi connectivity index (χ3n) is 3.66. The molecule has 114 valence electrons. The van der Waals surface area contributed by atoms with Crippen molar-refractivity contribution in [3.63, 3.8) is 0 Å². The predicted octanol–water partition coefficient (Wildman–Crippen LogP) is 1.24. The van der Waals surface area contributed by atoms with E-state index in [4.69, 9.17) is 10.5 Å². The molecular weight excluding hydrogens is 264 g/mol. The molecule has 3 N–H and O–H groups in total. The summed E-state index contributed by atoms with van der Waals surface area (Å²) >= 11 is 0. The summed E-state index contributed by atoms with van der Waals surface area (Å²) in [7, 11) is -3.33. The van der Waals surface area contributed by atoms with Crippen LogP contribution in [0.5, 0.6) is 0 Å². The average molecular weight is 292 g/mol. The molecule has 1 aliphatic rings. The van der Waals surface area contributed by atoms with Crippen LogP contribution in [-0.2, 0) is 14.8 Å². The van der Waals surface area contributed by atoms with Crippen LogP contribution in [0, 0.1) is 5.92 Å². The van der Waals surface area contributed by atoms with Crippen molar-refractivity contribution in [1.82, 2.24) is 4.72 Å². The maximum atomic E-state index is 12.1. The maximum Gasteiger partial charge on any atom is 0.214 e. The second-order valence-corrected chi connectivity index (χ2v) is 7.87. The molecule has 2 unspecified atom stereocenters. The first-order valence-corrected chi connectivity index (χ1v) is 8.77. The van der Waals surface area contributed by atoms with E-state index in [0.717, 1.165) is 25.7 Å². The smallest absolute Gasteiger partial charge is 0.214 e.